The van der Waals surface area contributed by atoms with Gasteiger partial charge in [0.25, 0.3) is 0 Å². The first kappa shape index (κ1) is 75.4. The maximum atomic E-state index is 13.7. The molecule has 85 heavy (non-hydrogen) atoms. The number of carboxylic acids is 3. The molecule has 474 valence electrons. The average molecular weight is 1280 g/mol. The normalized spacial score (nSPS) is 14.3. The van der Waals surface area contributed by atoms with Crippen LogP contribution in [0.25, 0.3) is 0 Å². The van der Waals surface area contributed by atoms with Crippen LogP contribution in [0.3, 0.4) is 0 Å². The Bertz CT molecular complexity index is 2520. The number of nitrogens with zero attached hydrogens (tertiary/aromatic N) is 1. The third-order valence-electron chi connectivity index (χ3n) is 11.7. The molecule has 0 spiro atoms. The van der Waals surface area contributed by atoms with E-state index in [-0.39, 0.29) is 49.7 Å². The molecule has 0 aliphatic rings. The lowest BCUT2D eigenvalue weighted by atomic mass is 10.0. The summed E-state index contributed by atoms with van der Waals surface area (Å²) in [6.45, 7) is -0.120. The smallest absolute Gasteiger partial charge is 0.322 e. The Balaban J connectivity index is 3.23. The second kappa shape index (κ2) is 40.6. The van der Waals surface area contributed by atoms with Gasteiger partial charge in [-0.15, -0.1) is 0 Å². The number of amides is 11. The molecule has 37 heteroatoms. The maximum absolute atomic E-state index is 13.7. The number of aliphatic imine (C=N–C) groups is 1. The second-order valence-electron chi connectivity index (χ2n) is 18.6. The summed E-state index contributed by atoms with van der Waals surface area (Å²) in [6, 6.07) is -6.87. The third-order valence-corrected chi connectivity index (χ3v) is 13.2. The number of rotatable bonds is 41. The lowest BCUT2D eigenvalue weighted by molar-refractivity contribution is -0.141. The topological polar surface area (TPSA) is 548 Å². The summed E-state index contributed by atoms with van der Waals surface area (Å²) in [7, 11) is 0. The van der Waals surface area contributed by atoms with Crippen molar-refractivity contribution in [1.82, 2.24) is 58.5 Å². The van der Waals surface area contributed by atoms with Gasteiger partial charge >= 0.3 is 17.9 Å². The average Bonchev–Trinajstić information content (AvgIpc) is 3.67. The van der Waals surface area contributed by atoms with Crippen molar-refractivity contribution < 1.29 is 82.4 Å². The van der Waals surface area contributed by atoms with Crippen LogP contribution in [-0.2, 0) is 73.5 Å². The van der Waals surface area contributed by atoms with Gasteiger partial charge in [0.15, 0.2) is 5.96 Å². The number of carboxylic acid groups (broad SMARTS) is 3. The lowest BCUT2D eigenvalue weighted by Gasteiger charge is -2.26. The van der Waals surface area contributed by atoms with Crippen molar-refractivity contribution in [2.45, 2.75) is 119 Å². The highest BCUT2D eigenvalue weighted by Gasteiger charge is 2.35. The van der Waals surface area contributed by atoms with E-state index in [0.29, 0.717) is 24.9 Å². The Morgan fingerprint density at radius 3 is 1.35 bits per heavy atom. The monoisotopic (exact) mass is 1280 g/mol. The molecule has 1 aromatic rings. The standard InChI is InChI=1S/C48H76N16O17S4/c1-23(56-39(73)25(50)10-5-6-12-49)38(72)61-31(20-83)46(80)60-29(16-36(68)69)44(78)64-32(21-84)45(79)58-26(11-7-13-53-48(51)52)40(74)54-17-34(65)57-28(15-35(66)67)43(77)63-33(22-85)47(81)59-27(14-24-8-3-2-4-9-24)42(76)62-30(19-82)41(75)55-18-37(70)71/h2-4,8-9,23,25-33,82-85H,5-7,10-22,49-50H2,1H3,(H,54,74)(H,55,75)(H,56,73)(H,57,65)(H,58,79)(H,59,81)(H,60,80)(H,61,72)(H,62,76)(H,63,77)(H,64,78)(H,66,67)(H,68,69)(H,70,71)(H4,51,52,53)/t23-,25-,26-,27-,28-,29-,30-,31-,32-,33-/m0/s1. The summed E-state index contributed by atoms with van der Waals surface area (Å²) < 4.78 is 0. The SMILES string of the molecule is C[C@H](NC(=O)[C@@H](N)CCCCN)C(=O)N[C@@H](CS)C(=O)N[C@@H](CC(=O)O)C(=O)N[C@@H](CS)C(=O)N[C@@H](CCCN=C(N)N)C(=O)NCC(=O)N[C@@H](CC(=O)O)C(=O)N[C@@H](CS)C(=O)N[C@@H](Cc1ccccc1)C(=O)N[C@@H](CS)C(=O)NCC(=O)O. The molecule has 1 aromatic carbocycles. The Morgan fingerprint density at radius 2 is 0.882 bits per heavy atom. The summed E-state index contributed by atoms with van der Waals surface area (Å²) in [5.41, 5.74) is 22.7. The van der Waals surface area contributed by atoms with E-state index in [1.54, 1.807) is 30.3 Å². The van der Waals surface area contributed by atoms with E-state index < -0.39 is 181 Å². The molecule has 0 unspecified atom stereocenters. The highest BCUT2D eigenvalue weighted by atomic mass is 32.1. The maximum Gasteiger partial charge on any atom is 0.322 e. The number of hydrogen-bond acceptors (Lipinski definition) is 21. The van der Waals surface area contributed by atoms with Crippen LogP contribution in [0.2, 0.25) is 0 Å². The molecule has 0 aromatic heterocycles. The predicted molar refractivity (Wildman–Crippen MR) is 318 cm³/mol. The summed E-state index contributed by atoms with van der Waals surface area (Å²) in [5, 5.41) is 53.3. The van der Waals surface area contributed by atoms with Gasteiger partial charge < -0.3 is 96.7 Å². The van der Waals surface area contributed by atoms with E-state index >= 15 is 0 Å². The zero-order valence-electron chi connectivity index (χ0n) is 46.1. The van der Waals surface area contributed by atoms with Gasteiger partial charge in [-0.3, -0.25) is 72.1 Å². The Labute approximate surface area is 509 Å². The molecular weight excluding hydrogens is 1200 g/mol. The van der Waals surface area contributed by atoms with Gasteiger partial charge in [-0.1, -0.05) is 36.8 Å². The van der Waals surface area contributed by atoms with Crippen molar-refractivity contribution in [1.29, 1.82) is 0 Å². The number of nitrogens with two attached hydrogens (primary N) is 4. The fourth-order valence-electron chi connectivity index (χ4n) is 7.15. The highest BCUT2D eigenvalue weighted by Crippen LogP contribution is 2.08. The van der Waals surface area contributed by atoms with Gasteiger partial charge in [0.1, 0.15) is 60.9 Å². The van der Waals surface area contributed by atoms with Crippen molar-refractivity contribution >= 4 is 139 Å². The molecule has 0 fully saturated rings. The molecule has 22 N–H and O–H groups in total. The third kappa shape index (κ3) is 30.2. The fraction of sp³-hybridized carbons (Fsp3) is 0.562. The number of carbonyl (C=O) groups is 14. The van der Waals surface area contributed by atoms with Crippen molar-refractivity contribution in [2.24, 2.45) is 27.9 Å². The van der Waals surface area contributed by atoms with Crippen LogP contribution in [0.15, 0.2) is 35.3 Å². The van der Waals surface area contributed by atoms with Crippen LogP contribution in [0, 0.1) is 0 Å². The first-order valence-electron chi connectivity index (χ1n) is 26.0. The number of guanidine groups is 1. The molecule has 10 atom stereocenters. The van der Waals surface area contributed by atoms with Gasteiger partial charge in [0.2, 0.25) is 65.0 Å². The number of thiol groups is 4. The minimum atomic E-state index is -1.92. The first-order chi connectivity index (χ1) is 40.1. The molecule has 0 radical (unpaired) electrons. The van der Waals surface area contributed by atoms with E-state index in [2.05, 4.69) is 114 Å². The van der Waals surface area contributed by atoms with E-state index in [1.807, 2.05) is 0 Å². The van der Waals surface area contributed by atoms with Crippen LogP contribution in [0.5, 0.6) is 0 Å². The quantitative estimate of drug-likeness (QED) is 0.0125. The summed E-state index contributed by atoms with van der Waals surface area (Å²) >= 11 is 16.4. The molecule has 0 bridgehead atoms. The van der Waals surface area contributed by atoms with Crippen LogP contribution >= 0.6 is 50.5 Å². The van der Waals surface area contributed by atoms with Crippen LogP contribution in [0.4, 0.5) is 0 Å². The van der Waals surface area contributed by atoms with E-state index in [9.17, 15) is 77.3 Å². The minimum absolute atomic E-state index is 0.00417. The minimum Gasteiger partial charge on any atom is -0.481 e. The summed E-state index contributed by atoms with van der Waals surface area (Å²) in [4.78, 5) is 185. The van der Waals surface area contributed by atoms with E-state index in [0.717, 1.165) is 0 Å². The predicted octanol–water partition coefficient (Wildman–Crippen LogP) is -7.89. The molecule has 0 heterocycles. The number of unbranched alkanes of at least 4 members (excludes halogenated alkanes) is 1. The van der Waals surface area contributed by atoms with Gasteiger partial charge in [-0.05, 0) is 44.7 Å². The van der Waals surface area contributed by atoms with Crippen molar-refractivity contribution in [2.75, 3.05) is 49.2 Å². The van der Waals surface area contributed by atoms with Gasteiger partial charge in [-0.25, -0.2) is 0 Å². The highest BCUT2D eigenvalue weighted by molar-refractivity contribution is 7.80. The van der Waals surface area contributed by atoms with Crippen LogP contribution in [0.1, 0.15) is 57.4 Å². The number of hydrogen-bond donors (Lipinski definition) is 22. The van der Waals surface area contributed by atoms with Gasteiger partial charge in [0, 0.05) is 36.0 Å². The van der Waals surface area contributed by atoms with E-state index in [4.69, 9.17) is 28.0 Å². The largest absolute Gasteiger partial charge is 0.481 e. The number of carbonyl (C=O) groups excluding carboxylic acids is 11. The molecule has 0 aliphatic heterocycles. The molecule has 33 nitrogen and oxygen atoms in total. The van der Waals surface area contributed by atoms with Crippen molar-refractivity contribution in [3.63, 3.8) is 0 Å². The number of nitrogens with one attached hydrogen (secondary N) is 11. The molecule has 1 rings (SSSR count). The Kier molecular flexibility index (Phi) is 36.0. The Hall–Kier alpha value is -7.61. The summed E-state index contributed by atoms with van der Waals surface area (Å²) in [5.74, 6) is -17.7. The Morgan fingerprint density at radius 1 is 0.471 bits per heavy atom. The second-order valence-corrected chi connectivity index (χ2v) is 20.0. The van der Waals surface area contributed by atoms with Gasteiger partial charge in [0.05, 0.1) is 25.4 Å². The fourth-order valence-corrected chi connectivity index (χ4v) is 8.18. The van der Waals surface area contributed by atoms with Crippen LogP contribution in [-0.4, -0.2) is 214 Å². The zero-order valence-corrected chi connectivity index (χ0v) is 49.7. The van der Waals surface area contributed by atoms with Crippen molar-refractivity contribution in [3.8, 4) is 0 Å². The molecule has 0 aliphatic carbocycles. The molecular formula is C48H76N16O17S4. The molecule has 11 amide bonds. The zero-order chi connectivity index (χ0) is 64.3. The molecule has 0 saturated carbocycles. The molecule has 0 saturated heterocycles. The number of benzene rings is 1. The lowest BCUT2D eigenvalue weighted by Crippen LogP contribution is -2.60. The van der Waals surface area contributed by atoms with Crippen molar-refractivity contribution in [3.05, 3.63) is 35.9 Å². The van der Waals surface area contributed by atoms with Gasteiger partial charge in [-0.2, -0.15) is 50.5 Å². The summed E-state index contributed by atoms with van der Waals surface area (Å²) in [6.07, 6.45) is -1.07. The number of aliphatic carboxylic acids is 3. The van der Waals surface area contributed by atoms with Crippen LogP contribution < -0.4 is 81.4 Å². The van der Waals surface area contributed by atoms with E-state index in [1.165, 1.54) is 6.92 Å². The first-order valence-corrected chi connectivity index (χ1v) is 28.6.